The molecule has 0 spiro atoms. The van der Waals surface area contributed by atoms with E-state index in [-0.39, 0.29) is 0 Å². The van der Waals surface area contributed by atoms with Gasteiger partial charge in [0.05, 0.1) is 0 Å². The Balaban J connectivity index is 0. The second kappa shape index (κ2) is 33.3. The number of unbranched alkanes of at least 4 members (excludes halogenated alkanes) is 7. The molecule has 3 rings (SSSR count). The van der Waals surface area contributed by atoms with E-state index in [2.05, 4.69) is 84.5 Å². The number of nitrogens with zero attached hydrogens (tertiary/aromatic N) is 2. The molecule has 6 heteroatoms. The van der Waals surface area contributed by atoms with Gasteiger partial charge in [-0.3, -0.25) is 0 Å². The maximum Gasteiger partial charge on any atom is 0.231 e. The van der Waals surface area contributed by atoms with E-state index in [1.807, 2.05) is 0 Å². The molecule has 1 fully saturated rings. The minimum atomic E-state index is 0.375. The first-order valence-electron chi connectivity index (χ1n) is 19.0. The van der Waals surface area contributed by atoms with Crippen LogP contribution in [-0.2, 0) is 16.0 Å². The predicted molar refractivity (Wildman–Crippen MR) is 201 cm³/mol. The fourth-order valence-corrected chi connectivity index (χ4v) is 5.74. The molecule has 1 saturated heterocycles. The molecular formula is C40H78N2O4. The number of rotatable bonds is 17. The van der Waals surface area contributed by atoms with Crippen LogP contribution in [0.4, 0.5) is 0 Å². The summed E-state index contributed by atoms with van der Waals surface area (Å²) in [7, 11) is 5.99. The van der Waals surface area contributed by atoms with Crippen molar-refractivity contribution < 1.29 is 19.0 Å². The van der Waals surface area contributed by atoms with Crippen LogP contribution in [0.1, 0.15) is 162 Å². The molecule has 46 heavy (non-hydrogen) atoms. The van der Waals surface area contributed by atoms with Crippen molar-refractivity contribution in [2.24, 2.45) is 0 Å². The molecule has 1 aromatic rings. The second-order valence-electron chi connectivity index (χ2n) is 12.8. The van der Waals surface area contributed by atoms with Gasteiger partial charge in [0.25, 0.3) is 0 Å². The maximum absolute atomic E-state index is 8.81. The monoisotopic (exact) mass is 651 g/mol. The van der Waals surface area contributed by atoms with Crippen molar-refractivity contribution in [3.63, 3.8) is 0 Å². The SMILES string of the molecule is CC=O.CCCCC.CCCCC1CC(c2cc(CCC)c3c(c2)OCO3)CN1CC.CCCCCCCN(C)C.CCCOC. The van der Waals surface area contributed by atoms with Gasteiger partial charge in [0, 0.05) is 26.3 Å². The van der Waals surface area contributed by atoms with Gasteiger partial charge in [0.1, 0.15) is 6.29 Å². The lowest BCUT2D eigenvalue weighted by Crippen LogP contribution is -2.29. The van der Waals surface area contributed by atoms with Crippen LogP contribution >= 0.6 is 0 Å². The highest BCUT2D eigenvalue weighted by Crippen LogP contribution is 2.42. The number of aryl methyl sites for hydroxylation is 1. The fraction of sp³-hybridized carbons (Fsp3) is 0.825. The highest BCUT2D eigenvalue weighted by Gasteiger charge is 2.32. The minimum absolute atomic E-state index is 0.375. The van der Waals surface area contributed by atoms with Crippen LogP contribution in [0.25, 0.3) is 0 Å². The van der Waals surface area contributed by atoms with Gasteiger partial charge in [-0.1, -0.05) is 119 Å². The smallest absolute Gasteiger partial charge is 0.231 e. The van der Waals surface area contributed by atoms with Gasteiger partial charge >= 0.3 is 0 Å². The molecule has 2 aliphatic heterocycles. The first-order chi connectivity index (χ1) is 22.3. The zero-order valence-corrected chi connectivity index (χ0v) is 32.6. The van der Waals surface area contributed by atoms with E-state index in [0.29, 0.717) is 12.7 Å². The van der Waals surface area contributed by atoms with E-state index in [0.717, 1.165) is 56.2 Å². The van der Waals surface area contributed by atoms with E-state index < -0.39 is 0 Å². The molecule has 0 saturated carbocycles. The van der Waals surface area contributed by atoms with Crippen LogP contribution in [0.2, 0.25) is 0 Å². The number of fused-ring (bicyclic) bond motifs is 1. The van der Waals surface area contributed by atoms with Gasteiger partial charge in [-0.15, -0.1) is 0 Å². The summed E-state index contributed by atoms with van der Waals surface area (Å²) in [5, 5.41) is 0. The van der Waals surface area contributed by atoms with E-state index in [1.165, 1.54) is 108 Å². The summed E-state index contributed by atoms with van der Waals surface area (Å²) < 4.78 is 16.1. The third-order valence-corrected chi connectivity index (χ3v) is 8.21. The van der Waals surface area contributed by atoms with Gasteiger partial charge in [-0.2, -0.15) is 0 Å². The van der Waals surface area contributed by atoms with Gasteiger partial charge in [0.2, 0.25) is 6.79 Å². The number of carbonyl (C=O) groups excluding carboxylic acids is 1. The summed E-state index contributed by atoms with van der Waals surface area (Å²) in [4.78, 5) is 13.7. The number of hydrogen-bond acceptors (Lipinski definition) is 6. The largest absolute Gasteiger partial charge is 0.454 e. The summed E-state index contributed by atoms with van der Waals surface area (Å²) in [6.45, 7) is 21.9. The van der Waals surface area contributed by atoms with Crippen molar-refractivity contribution in [1.82, 2.24) is 9.80 Å². The third kappa shape index (κ3) is 22.8. The predicted octanol–water partition coefficient (Wildman–Crippen LogP) is 10.7. The Labute approximate surface area is 287 Å². The first-order valence-corrected chi connectivity index (χ1v) is 19.0. The average Bonchev–Trinajstić information content (AvgIpc) is 3.69. The summed E-state index contributed by atoms with van der Waals surface area (Å²) in [6, 6.07) is 5.38. The van der Waals surface area contributed by atoms with E-state index in [1.54, 1.807) is 7.11 Å². The highest BCUT2D eigenvalue weighted by atomic mass is 16.7. The zero-order chi connectivity index (χ0) is 35.0. The van der Waals surface area contributed by atoms with Crippen LogP contribution < -0.4 is 9.47 Å². The number of aldehydes is 1. The van der Waals surface area contributed by atoms with Crippen molar-refractivity contribution >= 4 is 6.29 Å². The zero-order valence-electron chi connectivity index (χ0n) is 32.6. The third-order valence-electron chi connectivity index (χ3n) is 8.21. The summed E-state index contributed by atoms with van der Waals surface area (Å²) in [5.41, 5.74) is 2.78. The van der Waals surface area contributed by atoms with Crippen molar-refractivity contribution in [2.45, 2.75) is 164 Å². The lowest BCUT2D eigenvalue weighted by Gasteiger charge is -2.22. The van der Waals surface area contributed by atoms with Crippen molar-refractivity contribution in [2.75, 3.05) is 54.2 Å². The summed E-state index contributed by atoms with van der Waals surface area (Å²) >= 11 is 0. The summed E-state index contributed by atoms with van der Waals surface area (Å²) in [6.07, 6.45) is 20.4. The van der Waals surface area contributed by atoms with Gasteiger partial charge in [-0.25, -0.2) is 0 Å². The molecule has 2 unspecified atom stereocenters. The molecular weight excluding hydrogens is 572 g/mol. The fourth-order valence-electron chi connectivity index (χ4n) is 5.74. The molecule has 0 N–H and O–H groups in total. The first kappa shape index (κ1) is 46.5. The van der Waals surface area contributed by atoms with Crippen LogP contribution in [0, 0.1) is 0 Å². The molecule has 272 valence electrons. The van der Waals surface area contributed by atoms with Crippen molar-refractivity contribution in [1.29, 1.82) is 0 Å². The number of ether oxygens (including phenoxy) is 3. The standard InChI is InChI=1S/C20H31NO2.C9H21N.C5H12.C4H10O.C2H4O/c1-4-7-9-18-11-17(13-21(18)6-3)16-10-15(8-5-2)20-19(12-16)22-14-23-20;1-4-5-6-7-8-9-10(2)3;1-3-5-4-2;1-3-4-5-2;1-2-3/h10,12,17-18H,4-9,11,13-14H2,1-3H3;4-9H2,1-3H3;3-5H2,1-2H3;3-4H2,1-2H3;2H,1H3. The number of carbonyl (C=O) groups is 1. The Morgan fingerprint density at radius 3 is 1.96 bits per heavy atom. The molecule has 6 nitrogen and oxygen atoms in total. The van der Waals surface area contributed by atoms with Crippen molar-refractivity contribution in [3.8, 4) is 11.5 Å². The molecule has 0 amide bonds. The molecule has 0 radical (unpaired) electrons. The highest BCUT2D eigenvalue weighted by molar-refractivity contribution is 5.52. The molecule has 0 aromatic heterocycles. The van der Waals surface area contributed by atoms with E-state index >= 15 is 0 Å². The van der Waals surface area contributed by atoms with Crippen LogP contribution in [0.3, 0.4) is 0 Å². The Bertz CT molecular complexity index is 792. The molecule has 1 aromatic carbocycles. The van der Waals surface area contributed by atoms with Gasteiger partial charge in [-0.05, 0) is 89.3 Å². The Morgan fingerprint density at radius 1 is 0.848 bits per heavy atom. The Kier molecular flexibility index (Phi) is 33.6. The number of likely N-dealkylation sites (tertiary alicyclic amines) is 1. The van der Waals surface area contributed by atoms with Crippen molar-refractivity contribution in [3.05, 3.63) is 23.3 Å². The number of methoxy groups -OCH3 is 1. The Hall–Kier alpha value is -1.63. The lowest BCUT2D eigenvalue weighted by molar-refractivity contribution is -0.106. The normalized spacial score (nSPS) is 16.3. The van der Waals surface area contributed by atoms with Gasteiger partial charge < -0.3 is 28.8 Å². The lowest BCUT2D eigenvalue weighted by atomic mass is 9.92. The molecule has 2 aliphatic rings. The number of benzene rings is 1. The minimum Gasteiger partial charge on any atom is -0.454 e. The quantitative estimate of drug-likeness (QED) is 0.124. The number of hydrogen-bond donors (Lipinski definition) is 0. The number of likely N-dealkylation sites (N-methyl/N-ethyl adjacent to an activating group) is 1. The molecule has 0 aliphatic carbocycles. The average molecular weight is 651 g/mol. The van der Waals surface area contributed by atoms with E-state index in [9.17, 15) is 0 Å². The topological polar surface area (TPSA) is 51.2 Å². The Morgan fingerprint density at radius 2 is 1.48 bits per heavy atom. The van der Waals surface area contributed by atoms with Gasteiger partial charge in [0.15, 0.2) is 11.5 Å². The molecule has 0 bridgehead atoms. The molecule has 2 atom stereocenters. The maximum atomic E-state index is 8.81. The summed E-state index contributed by atoms with van der Waals surface area (Å²) in [5.74, 6) is 2.59. The second-order valence-corrected chi connectivity index (χ2v) is 12.8. The molecule has 2 heterocycles. The van der Waals surface area contributed by atoms with E-state index in [4.69, 9.17) is 19.0 Å². The van der Waals surface area contributed by atoms with Crippen LogP contribution in [-0.4, -0.2) is 76.4 Å². The van der Waals surface area contributed by atoms with Crippen LogP contribution in [0.5, 0.6) is 11.5 Å². The van der Waals surface area contributed by atoms with Crippen LogP contribution in [0.15, 0.2) is 12.1 Å².